The summed E-state index contributed by atoms with van der Waals surface area (Å²) < 4.78 is 4.53. The molecule has 0 aliphatic rings. The zero-order chi connectivity index (χ0) is 10.6. The Labute approximate surface area is 87.0 Å². The van der Waals surface area contributed by atoms with Crippen molar-refractivity contribution in [2.24, 2.45) is 5.73 Å². The molecule has 5 heteroatoms. The van der Waals surface area contributed by atoms with E-state index >= 15 is 0 Å². The summed E-state index contributed by atoms with van der Waals surface area (Å²) in [4.78, 5) is 15.2. The van der Waals surface area contributed by atoms with Gasteiger partial charge >= 0.3 is 5.97 Å². The summed E-state index contributed by atoms with van der Waals surface area (Å²) in [5.41, 5.74) is 6.28. The Morgan fingerprint density at radius 1 is 1.64 bits per heavy atom. The van der Waals surface area contributed by atoms with E-state index in [9.17, 15) is 4.79 Å². The number of aromatic nitrogens is 1. The first kappa shape index (κ1) is 10.9. The maximum absolute atomic E-state index is 11.1. The number of methoxy groups -OCH3 is 1. The van der Waals surface area contributed by atoms with Crippen LogP contribution in [-0.4, -0.2) is 24.6 Å². The Balaban J connectivity index is 3.00. The van der Waals surface area contributed by atoms with Gasteiger partial charge in [-0.05, 0) is 18.7 Å². The summed E-state index contributed by atoms with van der Waals surface area (Å²) >= 11 is 5.80. The van der Waals surface area contributed by atoms with Crippen LogP contribution in [0.5, 0.6) is 0 Å². The van der Waals surface area contributed by atoms with Crippen LogP contribution < -0.4 is 5.73 Å². The van der Waals surface area contributed by atoms with E-state index in [1.165, 1.54) is 13.2 Å². The van der Waals surface area contributed by atoms with E-state index < -0.39 is 5.97 Å². The monoisotopic (exact) mass is 214 g/mol. The molecule has 0 radical (unpaired) electrons. The highest BCUT2D eigenvalue weighted by Gasteiger charge is 2.09. The lowest BCUT2D eigenvalue weighted by Crippen LogP contribution is -2.09. The number of nitrogens with two attached hydrogens (primary N) is 1. The first-order valence-corrected chi connectivity index (χ1v) is 4.50. The minimum atomic E-state index is -0.495. The first-order valence-electron chi connectivity index (χ1n) is 4.12. The molecule has 0 amide bonds. The van der Waals surface area contributed by atoms with E-state index in [2.05, 4.69) is 9.72 Å². The van der Waals surface area contributed by atoms with E-state index in [1.807, 2.05) is 0 Å². The van der Waals surface area contributed by atoms with Crippen LogP contribution in [0.3, 0.4) is 0 Å². The Kier molecular flexibility index (Phi) is 3.85. The highest BCUT2D eigenvalue weighted by molar-refractivity contribution is 6.30. The zero-order valence-electron chi connectivity index (χ0n) is 7.79. The SMILES string of the molecule is COC(=O)c1cc(Cl)cc(CCN)n1. The van der Waals surface area contributed by atoms with Gasteiger partial charge in [-0.25, -0.2) is 9.78 Å². The Hall–Kier alpha value is -1.13. The van der Waals surface area contributed by atoms with Gasteiger partial charge in [-0.1, -0.05) is 11.6 Å². The van der Waals surface area contributed by atoms with Gasteiger partial charge in [0.15, 0.2) is 0 Å². The fraction of sp³-hybridized carbons (Fsp3) is 0.333. The lowest BCUT2D eigenvalue weighted by molar-refractivity contribution is 0.0593. The normalized spacial score (nSPS) is 9.93. The third kappa shape index (κ3) is 2.68. The third-order valence-corrected chi connectivity index (χ3v) is 1.86. The van der Waals surface area contributed by atoms with E-state index in [-0.39, 0.29) is 5.69 Å². The number of hydrogen-bond donors (Lipinski definition) is 1. The molecule has 0 aromatic carbocycles. The molecule has 0 spiro atoms. The van der Waals surface area contributed by atoms with Crippen LogP contribution in [0, 0.1) is 0 Å². The lowest BCUT2D eigenvalue weighted by Gasteiger charge is -2.03. The minimum absolute atomic E-state index is 0.212. The predicted molar refractivity (Wildman–Crippen MR) is 53.3 cm³/mol. The Bertz CT molecular complexity index is 342. The van der Waals surface area contributed by atoms with Crippen LogP contribution in [0.25, 0.3) is 0 Å². The van der Waals surface area contributed by atoms with Gasteiger partial charge < -0.3 is 10.5 Å². The van der Waals surface area contributed by atoms with Gasteiger partial charge in [0.1, 0.15) is 5.69 Å². The second kappa shape index (κ2) is 4.93. The van der Waals surface area contributed by atoms with Crippen molar-refractivity contribution in [3.63, 3.8) is 0 Å². The molecule has 4 nitrogen and oxygen atoms in total. The quantitative estimate of drug-likeness (QED) is 0.764. The van der Waals surface area contributed by atoms with E-state index in [0.29, 0.717) is 23.7 Å². The molecule has 2 N–H and O–H groups in total. The molecular formula is C9H11ClN2O2. The fourth-order valence-corrected chi connectivity index (χ4v) is 1.27. The van der Waals surface area contributed by atoms with E-state index in [1.54, 1.807) is 6.07 Å². The molecule has 76 valence electrons. The van der Waals surface area contributed by atoms with Crippen LogP contribution in [0.15, 0.2) is 12.1 Å². The van der Waals surface area contributed by atoms with Gasteiger partial charge in [0, 0.05) is 17.1 Å². The maximum atomic E-state index is 11.1. The molecule has 0 bridgehead atoms. The van der Waals surface area contributed by atoms with Crippen molar-refractivity contribution in [2.45, 2.75) is 6.42 Å². The number of pyridine rings is 1. The summed E-state index contributed by atoms with van der Waals surface area (Å²) in [6, 6.07) is 3.15. The fourth-order valence-electron chi connectivity index (χ4n) is 1.04. The van der Waals surface area contributed by atoms with Gasteiger partial charge in [0.2, 0.25) is 0 Å². The zero-order valence-corrected chi connectivity index (χ0v) is 8.54. The smallest absolute Gasteiger partial charge is 0.356 e. The number of nitrogens with zero attached hydrogens (tertiary/aromatic N) is 1. The van der Waals surface area contributed by atoms with Gasteiger partial charge in [0.25, 0.3) is 0 Å². The van der Waals surface area contributed by atoms with Crippen LogP contribution >= 0.6 is 11.6 Å². The molecule has 1 aromatic heterocycles. The van der Waals surface area contributed by atoms with Crippen molar-refractivity contribution >= 4 is 17.6 Å². The largest absolute Gasteiger partial charge is 0.464 e. The molecule has 0 atom stereocenters. The van der Waals surface area contributed by atoms with Crippen molar-refractivity contribution in [1.29, 1.82) is 0 Å². The molecule has 0 saturated heterocycles. The van der Waals surface area contributed by atoms with Gasteiger partial charge in [-0.15, -0.1) is 0 Å². The molecule has 0 aliphatic carbocycles. The Morgan fingerprint density at radius 2 is 2.36 bits per heavy atom. The second-order valence-electron chi connectivity index (χ2n) is 2.69. The standard InChI is InChI=1S/C9H11ClN2O2/c1-14-9(13)8-5-6(10)4-7(12-8)2-3-11/h4-5H,2-3,11H2,1H3. The average Bonchev–Trinajstić information content (AvgIpc) is 2.16. The van der Waals surface area contributed by atoms with Crippen LogP contribution in [0.4, 0.5) is 0 Å². The van der Waals surface area contributed by atoms with Crippen molar-refractivity contribution in [1.82, 2.24) is 4.98 Å². The number of hydrogen-bond acceptors (Lipinski definition) is 4. The summed E-state index contributed by atoms with van der Waals surface area (Å²) in [5.74, 6) is -0.495. The van der Waals surface area contributed by atoms with Crippen LogP contribution in [0.1, 0.15) is 16.2 Å². The number of halogens is 1. The summed E-state index contributed by atoms with van der Waals surface area (Å²) in [6.45, 7) is 0.466. The molecule has 14 heavy (non-hydrogen) atoms. The minimum Gasteiger partial charge on any atom is -0.464 e. The molecule has 0 fully saturated rings. The Morgan fingerprint density at radius 3 is 2.93 bits per heavy atom. The molecule has 1 aromatic rings. The summed E-state index contributed by atoms with van der Waals surface area (Å²) in [7, 11) is 1.30. The number of ether oxygens (including phenoxy) is 1. The highest BCUT2D eigenvalue weighted by Crippen LogP contribution is 2.12. The molecular weight excluding hydrogens is 204 g/mol. The van der Waals surface area contributed by atoms with Crippen LogP contribution in [0.2, 0.25) is 5.02 Å². The third-order valence-electron chi connectivity index (χ3n) is 1.64. The first-order chi connectivity index (χ1) is 6.67. The van der Waals surface area contributed by atoms with Crippen molar-refractivity contribution in [2.75, 3.05) is 13.7 Å². The maximum Gasteiger partial charge on any atom is 0.356 e. The van der Waals surface area contributed by atoms with Crippen molar-refractivity contribution in [3.05, 3.63) is 28.5 Å². The van der Waals surface area contributed by atoms with E-state index in [0.717, 1.165) is 0 Å². The summed E-state index contributed by atoms with van der Waals surface area (Å²) in [6.07, 6.45) is 0.588. The number of carbonyl (C=O) groups excluding carboxylic acids is 1. The average molecular weight is 215 g/mol. The topological polar surface area (TPSA) is 65.2 Å². The predicted octanol–water partition coefficient (Wildman–Crippen LogP) is 1.02. The van der Waals surface area contributed by atoms with Gasteiger partial charge in [0.05, 0.1) is 7.11 Å². The van der Waals surface area contributed by atoms with Gasteiger partial charge in [-0.3, -0.25) is 0 Å². The number of esters is 1. The molecule has 0 unspecified atom stereocenters. The van der Waals surface area contributed by atoms with E-state index in [4.69, 9.17) is 17.3 Å². The molecule has 0 saturated carbocycles. The molecule has 0 aliphatic heterocycles. The second-order valence-corrected chi connectivity index (χ2v) is 3.13. The highest BCUT2D eigenvalue weighted by atomic mass is 35.5. The van der Waals surface area contributed by atoms with Crippen LogP contribution in [-0.2, 0) is 11.2 Å². The molecule has 1 heterocycles. The van der Waals surface area contributed by atoms with Crippen molar-refractivity contribution < 1.29 is 9.53 Å². The lowest BCUT2D eigenvalue weighted by atomic mass is 10.2. The van der Waals surface area contributed by atoms with Crippen molar-refractivity contribution in [3.8, 4) is 0 Å². The summed E-state index contributed by atoms with van der Waals surface area (Å²) in [5, 5.41) is 0.462. The van der Waals surface area contributed by atoms with Gasteiger partial charge in [-0.2, -0.15) is 0 Å². The molecule has 1 rings (SSSR count). The number of carbonyl (C=O) groups is 1. The number of rotatable bonds is 3.